The van der Waals surface area contributed by atoms with E-state index in [0.29, 0.717) is 24.2 Å². The summed E-state index contributed by atoms with van der Waals surface area (Å²) in [6.45, 7) is 4.92. The molecule has 26 heavy (non-hydrogen) atoms. The highest BCUT2D eigenvalue weighted by atomic mass is 35.5. The number of nitrogens with zero attached hydrogens (tertiary/aromatic N) is 2. The number of carbonyl (C=O) groups excluding carboxylic acids is 2. The lowest BCUT2D eigenvalue weighted by Crippen LogP contribution is -2.47. The largest absolute Gasteiger partial charge is 0.465 e. The van der Waals surface area contributed by atoms with Crippen LogP contribution in [0.2, 0.25) is 5.02 Å². The Morgan fingerprint density at radius 3 is 2.77 bits per heavy atom. The maximum Gasteiger partial charge on any atom is 0.323 e. The average molecular weight is 397 g/mol. The van der Waals surface area contributed by atoms with Crippen LogP contribution in [-0.2, 0) is 14.3 Å². The number of halogens is 1. The molecule has 0 radical (unpaired) electrons. The van der Waals surface area contributed by atoms with Crippen molar-refractivity contribution in [2.75, 3.05) is 25.4 Å². The molecule has 1 heterocycles. The minimum Gasteiger partial charge on any atom is -0.465 e. The van der Waals surface area contributed by atoms with Gasteiger partial charge in [-0.1, -0.05) is 29.8 Å². The Hall–Kier alpha value is -1.24. The monoisotopic (exact) mass is 396 g/mol. The second-order valence-electron chi connectivity index (χ2n) is 6.66. The van der Waals surface area contributed by atoms with E-state index in [1.165, 1.54) is 0 Å². The van der Waals surface area contributed by atoms with E-state index in [2.05, 4.69) is 0 Å². The normalized spacial score (nSPS) is 21.1. The fraction of sp³-hybridized carbons (Fsp3) is 0.579. The Bertz CT molecular complexity index is 668. The summed E-state index contributed by atoms with van der Waals surface area (Å²) in [6.07, 6.45) is 2.05. The number of esters is 1. The molecule has 1 amide bonds. The highest BCUT2D eigenvalue weighted by Gasteiger charge is 2.39. The third-order valence-electron chi connectivity index (χ3n) is 4.84. The molecule has 1 aliphatic heterocycles. The van der Waals surface area contributed by atoms with E-state index in [-0.39, 0.29) is 23.8 Å². The van der Waals surface area contributed by atoms with Crippen LogP contribution < -0.4 is 0 Å². The molecule has 1 aromatic carbocycles. The lowest BCUT2D eigenvalue weighted by atomic mass is 10.2. The molecule has 1 aliphatic carbocycles. The van der Waals surface area contributed by atoms with Crippen LogP contribution in [0.4, 0.5) is 0 Å². The molecule has 2 aliphatic rings. The standard InChI is InChI=1S/C19H25ClN2O3S/c1-3-25-19(24)13(2)22(14-8-9-14)12-17(23)21-10-11-26-18(21)15-6-4-5-7-16(15)20/h4-7,13-14,18H,3,8-12H2,1-2H3. The van der Waals surface area contributed by atoms with Gasteiger partial charge in [-0.2, -0.15) is 0 Å². The Balaban J connectivity index is 1.71. The summed E-state index contributed by atoms with van der Waals surface area (Å²) in [5, 5.41) is 0.624. The van der Waals surface area contributed by atoms with Crippen LogP contribution in [0.15, 0.2) is 24.3 Å². The van der Waals surface area contributed by atoms with Crippen LogP contribution >= 0.6 is 23.4 Å². The SMILES string of the molecule is CCOC(=O)C(C)N(CC(=O)N1CCSC1c1ccccc1Cl)C1CC1. The number of hydrogen-bond acceptors (Lipinski definition) is 5. The summed E-state index contributed by atoms with van der Waals surface area (Å²) in [5.74, 6) is 0.673. The van der Waals surface area contributed by atoms with E-state index in [4.69, 9.17) is 16.3 Å². The number of thioether (sulfide) groups is 1. The van der Waals surface area contributed by atoms with Crippen LogP contribution in [0.25, 0.3) is 0 Å². The number of rotatable bonds is 7. The molecular formula is C19H25ClN2O3S. The van der Waals surface area contributed by atoms with Crippen molar-refractivity contribution in [3.8, 4) is 0 Å². The highest BCUT2D eigenvalue weighted by molar-refractivity contribution is 7.99. The molecule has 2 fully saturated rings. The van der Waals surface area contributed by atoms with Crippen molar-refractivity contribution in [2.24, 2.45) is 0 Å². The van der Waals surface area contributed by atoms with Crippen LogP contribution in [0.3, 0.4) is 0 Å². The fourth-order valence-electron chi connectivity index (χ4n) is 3.29. The van der Waals surface area contributed by atoms with Gasteiger partial charge < -0.3 is 9.64 Å². The predicted molar refractivity (Wildman–Crippen MR) is 104 cm³/mol. The van der Waals surface area contributed by atoms with Crippen molar-refractivity contribution < 1.29 is 14.3 Å². The average Bonchev–Trinajstić information content (AvgIpc) is 3.35. The van der Waals surface area contributed by atoms with Crippen LogP contribution in [0, 0.1) is 0 Å². The lowest BCUT2D eigenvalue weighted by Gasteiger charge is -2.31. The predicted octanol–water partition coefficient (Wildman–Crippen LogP) is 3.33. The first-order valence-corrected chi connectivity index (χ1v) is 10.5. The number of ether oxygens (including phenoxy) is 1. The molecular weight excluding hydrogens is 372 g/mol. The van der Waals surface area contributed by atoms with E-state index >= 15 is 0 Å². The van der Waals surface area contributed by atoms with E-state index in [0.717, 1.165) is 24.2 Å². The first-order chi connectivity index (χ1) is 12.5. The van der Waals surface area contributed by atoms with Crippen molar-refractivity contribution >= 4 is 35.2 Å². The Labute approximate surface area is 164 Å². The van der Waals surface area contributed by atoms with Gasteiger partial charge in [0.05, 0.1) is 13.2 Å². The maximum absolute atomic E-state index is 13.0. The third kappa shape index (κ3) is 4.35. The Morgan fingerprint density at radius 2 is 2.12 bits per heavy atom. The van der Waals surface area contributed by atoms with Crippen LogP contribution in [0.1, 0.15) is 37.6 Å². The molecule has 1 aromatic rings. The van der Waals surface area contributed by atoms with Gasteiger partial charge >= 0.3 is 5.97 Å². The van der Waals surface area contributed by atoms with Crippen molar-refractivity contribution in [1.82, 2.24) is 9.80 Å². The fourth-order valence-corrected chi connectivity index (χ4v) is 4.91. The van der Waals surface area contributed by atoms with E-state index in [1.807, 2.05) is 41.0 Å². The number of amides is 1. The molecule has 7 heteroatoms. The van der Waals surface area contributed by atoms with E-state index in [1.54, 1.807) is 18.7 Å². The zero-order valence-electron chi connectivity index (χ0n) is 15.2. The first kappa shape index (κ1) is 19.5. The Kier molecular flexibility index (Phi) is 6.48. The van der Waals surface area contributed by atoms with Gasteiger partial charge in [-0.15, -0.1) is 11.8 Å². The summed E-state index contributed by atoms with van der Waals surface area (Å²) >= 11 is 8.07. The molecule has 2 unspecified atom stereocenters. The number of carbonyl (C=O) groups is 2. The van der Waals surface area contributed by atoms with Gasteiger partial charge in [-0.25, -0.2) is 0 Å². The zero-order chi connectivity index (χ0) is 18.7. The van der Waals surface area contributed by atoms with Gasteiger partial charge in [0.2, 0.25) is 5.91 Å². The summed E-state index contributed by atoms with van der Waals surface area (Å²) in [5.41, 5.74) is 0.974. The second kappa shape index (κ2) is 8.63. The van der Waals surface area contributed by atoms with Crippen LogP contribution in [0.5, 0.6) is 0 Å². The van der Waals surface area contributed by atoms with Gasteiger partial charge in [0, 0.05) is 28.9 Å². The summed E-state index contributed by atoms with van der Waals surface area (Å²) < 4.78 is 5.15. The van der Waals surface area contributed by atoms with Crippen molar-refractivity contribution in [1.29, 1.82) is 0 Å². The van der Waals surface area contributed by atoms with E-state index in [9.17, 15) is 9.59 Å². The molecule has 0 aromatic heterocycles. The minimum absolute atomic E-state index is 0.0444. The number of benzene rings is 1. The molecule has 5 nitrogen and oxygen atoms in total. The summed E-state index contributed by atoms with van der Waals surface area (Å²) in [6, 6.07) is 7.58. The lowest BCUT2D eigenvalue weighted by molar-refractivity contribution is -0.150. The topological polar surface area (TPSA) is 49.9 Å². The molecule has 2 atom stereocenters. The number of hydrogen-bond donors (Lipinski definition) is 0. The first-order valence-electron chi connectivity index (χ1n) is 9.10. The molecule has 142 valence electrons. The quantitative estimate of drug-likeness (QED) is 0.661. The van der Waals surface area contributed by atoms with Gasteiger partial charge in [-0.3, -0.25) is 14.5 Å². The van der Waals surface area contributed by atoms with Crippen molar-refractivity contribution in [3.63, 3.8) is 0 Å². The van der Waals surface area contributed by atoms with Gasteiger partial charge in [0.25, 0.3) is 0 Å². The van der Waals surface area contributed by atoms with Crippen LogP contribution in [-0.4, -0.2) is 59.2 Å². The van der Waals surface area contributed by atoms with Gasteiger partial charge in [0.1, 0.15) is 11.4 Å². The minimum atomic E-state index is -0.402. The smallest absolute Gasteiger partial charge is 0.323 e. The summed E-state index contributed by atoms with van der Waals surface area (Å²) in [4.78, 5) is 29.1. The van der Waals surface area contributed by atoms with Crippen molar-refractivity contribution in [3.05, 3.63) is 34.9 Å². The zero-order valence-corrected chi connectivity index (χ0v) is 16.8. The molecule has 0 spiro atoms. The Morgan fingerprint density at radius 1 is 1.38 bits per heavy atom. The highest BCUT2D eigenvalue weighted by Crippen LogP contribution is 2.41. The third-order valence-corrected chi connectivity index (χ3v) is 6.43. The van der Waals surface area contributed by atoms with Gasteiger partial charge in [-0.05, 0) is 32.8 Å². The summed E-state index contributed by atoms with van der Waals surface area (Å²) in [7, 11) is 0. The van der Waals surface area contributed by atoms with Crippen molar-refractivity contribution in [2.45, 2.75) is 44.1 Å². The molecule has 3 rings (SSSR count). The molecule has 1 saturated heterocycles. The van der Waals surface area contributed by atoms with E-state index < -0.39 is 6.04 Å². The molecule has 0 bridgehead atoms. The van der Waals surface area contributed by atoms with Gasteiger partial charge in [0.15, 0.2) is 0 Å². The molecule has 0 N–H and O–H groups in total. The second-order valence-corrected chi connectivity index (χ2v) is 8.26. The molecule has 1 saturated carbocycles. The maximum atomic E-state index is 13.0.